The molecule has 1 aliphatic rings. The topological polar surface area (TPSA) is 28.7 Å². The minimum atomic E-state index is -2.45. The molecule has 2 rings (SSSR count). The summed E-state index contributed by atoms with van der Waals surface area (Å²) in [7, 11) is 0. The molecule has 4 heteroatoms. The first-order chi connectivity index (χ1) is 5.57. The fraction of sp³-hybridized carbons (Fsp3) is 0.625. The third-order valence-electron chi connectivity index (χ3n) is 2.23. The van der Waals surface area contributed by atoms with Crippen LogP contribution in [0.15, 0.2) is 6.07 Å². The van der Waals surface area contributed by atoms with Crippen molar-refractivity contribution in [1.82, 2.24) is 10.2 Å². The molecule has 0 atom stereocenters. The maximum atomic E-state index is 12.4. The Hall–Kier alpha value is -0.930. The van der Waals surface area contributed by atoms with Crippen LogP contribution in [0, 0.1) is 6.92 Å². The summed E-state index contributed by atoms with van der Waals surface area (Å²) in [5.74, 6) is -2.48. The number of aromatic nitrogens is 2. The molecule has 0 aromatic carbocycles. The van der Waals surface area contributed by atoms with E-state index in [2.05, 4.69) is 10.2 Å². The lowest BCUT2D eigenvalue weighted by atomic mass is 9.79. The average Bonchev–Trinajstić information content (AvgIpc) is 2.30. The lowest BCUT2D eigenvalue weighted by Crippen LogP contribution is -2.33. The van der Waals surface area contributed by atoms with Crippen molar-refractivity contribution in [2.45, 2.75) is 31.6 Å². The maximum Gasteiger partial charge on any atom is 0.249 e. The van der Waals surface area contributed by atoms with Crippen molar-refractivity contribution in [3.8, 4) is 0 Å². The lowest BCUT2D eigenvalue weighted by molar-refractivity contribution is -0.0876. The van der Waals surface area contributed by atoms with Crippen LogP contribution in [0.2, 0.25) is 0 Å². The number of hydrogen-bond donors (Lipinski definition) is 1. The Bertz CT molecular complexity index is 285. The van der Waals surface area contributed by atoms with Crippen molar-refractivity contribution < 1.29 is 8.78 Å². The van der Waals surface area contributed by atoms with Gasteiger partial charge in [0.15, 0.2) is 0 Å². The number of nitrogens with one attached hydrogen (secondary N) is 1. The third kappa shape index (κ3) is 1.21. The van der Waals surface area contributed by atoms with Crippen LogP contribution in [0.4, 0.5) is 8.78 Å². The van der Waals surface area contributed by atoms with Gasteiger partial charge in [-0.3, -0.25) is 5.10 Å². The molecule has 0 spiro atoms. The summed E-state index contributed by atoms with van der Waals surface area (Å²) in [5.41, 5.74) is 1.71. The number of H-pyrrole nitrogens is 1. The van der Waals surface area contributed by atoms with E-state index in [1.807, 2.05) is 13.0 Å². The molecule has 1 aliphatic carbocycles. The number of aromatic amines is 1. The van der Waals surface area contributed by atoms with E-state index in [-0.39, 0.29) is 18.8 Å². The van der Waals surface area contributed by atoms with E-state index < -0.39 is 5.92 Å². The highest BCUT2D eigenvalue weighted by atomic mass is 19.3. The van der Waals surface area contributed by atoms with Gasteiger partial charge in [0.25, 0.3) is 0 Å². The maximum absolute atomic E-state index is 12.4. The highest BCUT2D eigenvalue weighted by Gasteiger charge is 2.46. The number of nitrogens with zero attached hydrogens (tertiary/aromatic N) is 1. The first kappa shape index (κ1) is 7.71. The highest BCUT2D eigenvalue weighted by Crippen LogP contribution is 2.47. The molecule has 1 fully saturated rings. The fourth-order valence-corrected chi connectivity index (χ4v) is 1.52. The van der Waals surface area contributed by atoms with Gasteiger partial charge in [-0.25, -0.2) is 8.78 Å². The average molecular weight is 172 g/mol. The Morgan fingerprint density at radius 3 is 2.67 bits per heavy atom. The predicted octanol–water partition coefficient (Wildman–Crippen LogP) is 2.23. The van der Waals surface area contributed by atoms with Crippen LogP contribution in [0.1, 0.15) is 30.1 Å². The van der Waals surface area contributed by atoms with Gasteiger partial charge in [-0.05, 0) is 13.0 Å². The summed E-state index contributed by atoms with van der Waals surface area (Å²) in [4.78, 5) is 0. The Labute approximate surface area is 69.0 Å². The second-order valence-corrected chi connectivity index (χ2v) is 3.44. The molecule has 1 N–H and O–H groups in total. The number of aryl methyl sites for hydroxylation is 1. The summed E-state index contributed by atoms with van der Waals surface area (Å²) in [5, 5.41) is 6.70. The summed E-state index contributed by atoms with van der Waals surface area (Å²) < 4.78 is 24.9. The first-order valence-corrected chi connectivity index (χ1v) is 3.96. The van der Waals surface area contributed by atoms with Crippen LogP contribution < -0.4 is 0 Å². The molecule has 0 unspecified atom stereocenters. The number of hydrogen-bond acceptors (Lipinski definition) is 1. The number of alkyl halides is 2. The van der Waals surface area contributed by atoms with Crippen molar-refractivity contribution in [3.63, 3.8) is 0 Å². The van der Waals surface area contributed by atoms with Crippen LogP contribution >= 0.6 is 0 Å². The Morgan fingerprint density at radius 1 is 1.58 bits per heavy atom. The molecule has 0 saturated heterocycles. The smallest absolute Gasteiger partial charge is 0.249 e. The molecule has 12 heavy (non-hydrogen) atoms. The number of rotatable bonds is 1. The summed E-state index contributed by atoms with van der Waals surface area (Å²) in [6.45, 7) is 1.87. The van der Waals surface area contributed by atoms with Gasteiger partial charge in [0.2, 0.25) is 5.92 Å². The second-order valence-electron chi connectivity index (χ2n) is 3.44. The van der Waals surface area contributed by atoms with Crippen molar-refractivity contribution >= 4 is 0 Å². The van der Waals surface area contributed by atoms with Crippen LogP contribution in [-0.4, -0.2) is 16.1 Å². The Balaban J connectivity index is 2.06. The van der Waals surface area contributed by atoms with Gasteiger partial charge in [0.1, 0.15) is 0 Å². The Morgan fingerprint density at radius 2 is 2.25 bits per heavy atom. The van der Waals surface area contributed by atoms with Gasteiger partial charge in [-0.15, -0.1) is 0 Å². The van der Waals surface area contributed by atoms with Crippen molar-refractivity contribution in [1.29, 1.82) is 0 Å². The summed E-state index contributed by atoms with van der Waals surface area (Å²) in [6, 6.07) is 1.83. The van der Waals surface area contributed by atoms with Gasteiger partial charge in [0.05, 0.1) is 5.69 Å². The van der Waals surface area contributed by atoms with Gasteiger partial charge in [-0.2, -0.15) is 5.10 Å². The van der Waals surface area contributed by atoms with Crippen molar-refractivity contribution in [2.24, 2.45) is 0 Å². The molecule has 1 aromatic rings. The molecule has 0 bridgehead atoms. The minimum Gasteiger partial charge on any atom is -0.283 e. The lowest BCUT2D eigenvalue weighted by Gasteiger charge is -2.33. The molecule has 0 radical (unpaired) electrons. The molecular weight excluding hydrogens is 162 g/mol. The van der Waals surface area contributed by atoms with E-state index in [9.17, 15) is 8.78 Å². The van der Waals surface area contributed by atoms with E-state index in [4.69, 9.17) is 0 Å². The Kier molecular flexibility index (Phi) is 1.46. The van der Waals surface area contributed by atoms with E-state index in [0.29, 0.717) is 0 Å². The monoisotopic (exact) mass is 172 g/mol. The molecule has 1 heterocycles. The highest BCUT2D eigenvalue weighted by molar-refractivity contribution is 5.16. The molecular formula is C8H10F2N2. The van der Waals surface area contributed by atoms with Crippen molar-refractivity contribution in [3.05, 3.63) is 17.5 Å². The molecule has 1 aromatic heterocycles. The zero-order valence-corrected chi connectivity index (χ0v) is 6.77. The van der Waals surface area contributed by atoms with E-state index in [0.717, 1.165) is 11.4 Å². The quantitative estimate of drug-likeness (QED) is 0.691. The molecule has 66 valence electrons. The summed E-state index contributed by atoms with van der Waals surface area (Å²) >= 11 is 0. The van der Waals surface area contributed by atoms with Crippen molar-refractivity contribution in [2.75, 3.05) is 0 Å². The largest absolute Gasteiger partial charge is 0.283 e. The zero-order chi connectivity index (χ0) is 8.77. The standard InChI is InChI=1S/C8H10F2N2/c1-5-2-7(12-11-5)6-3-8(9,10)4-6/h2,6H,3-4H2,1H3,(H,11,12). The molecule has 0 aliphatic heterocycles. The third-order valence-corrected chi connectivity index (χ3v) is 2.23. The van der Waals surface area contributed by atoms with E-state index >= 15 is 0 Å². The zero-order valence-electron chi connectivity index (χ0n) is 6.77. The number of halogens is 2. The van der Waals surface area contributed by atoms with Crippen LogP contribution in [-0.2, 0) is 0 Å². The molecule has 0 amide bonds. The first-order valence-electron chi connectivity index (χ1n) is 3.96. The van der Waals surface area contributed by atoms with Gasteiger partial charge in [0, 0.05) is 24.5 Å². The van der Waals surface area contributed by atoms with Gasteiger partial charge >= 0.3 is 0 Å². The predicted molar refractivity (Wildman–Crippen MR) is 40.2 cm³/mol. The second kappa shape index (κ2) is 2.28. The van der Waals surface area contributed by atoms with E-state index in [1.165, 1.54) is 0 Å². The van der Waals surface area contributed by atoms with Gasteiger partial charge in [-0.1, -0.05) is 0 Å². The fourth-order valence-electron chi connectivity index (χ4n) is 1.52. The van der Waals surface area contributed by atoms with Gasteiger partial charge < -0.3 is 0 Å². The van der Waals surface area contributed by atoms with Crippen LogP contribution in [0.25, 0.3) is 0 Å². The summed E-state index contributed by atoms with van der Waals surface area (Å²) in [6.07, 6.45) is -0.0887. The van der Waals surface area contributed by atoms with Crippen LogP contribution in [0.3, 0.4) is 0 Å². The minimum absolute atomic E-state index is 0.0371. The van der Waals surface area contributed by atoms with Crippen LogP contribution in [0.5, 0.6) is 0 Å². The normalized spacial score (nSPS) is 22.2. The SMILES string of the molecule is Cc1cc(C2CC(F)(F)C2)n[nH]1. The molecule has 1 saturated carbocycles. The molecule has 2 nitrogen and oxygen atoms in total. The van der Waals surface area contributed by atoms with E-state index in [1.54, 1.807) is 0 Å².